The second-order valence-electron chi connectivity index (χ2n) is 6.72. The predicted octanol–water partition coefficient (Wildman–Crippen LogP) is 1.90. The summed E-state index contributed by atoms with van der Waals surface area (Å²) in [6, 6.07) is 4.09. The van der Waals surface area contributed by atoms with Crippen LogP contribution in [0.3, 0.4) is 0 Å². The fourth-order valence-corrected chi connectivity index (χ4v) is 3.54. The van der Waals surface area contributed by atoms with Crippen LogP contribution in [0.2, 0.25) is 0 Å². The number of nitrogens with one attached hydrogen (secondary N) is 1. The first-order valence-corrected chi connectivity index (χ1v) is 8.65. The van der Waals surface area contributed by atoms with Crippen molar-refractivity contribution in [1.29, 1.82) is 0 Å². The number of benzene rings is 1. The van der Waals surface area contributed by atoms with Crippen molar-refractivity contribution in [2.75, 3.05) is 26.2 Å². The number of rotatable bonds is 4. The third-order valence-corrected chi connectivity index (χ3v) is 4.66. The van der Waals surface area contributed by atoms with Crippen LogP contribution in [0.5, 0.6) is 5.75 Å². The van der Waals surface area contributed by atoms with Gasteiger partial charge in [-0.2, -0.15) is 0 Å². The topological polar surface area (TPSA) is 59.4 Å². The minimum atomic E-state index is -0.0648. The number of carbonyl (C=O) groups excluding carboxylic acids is 1. The van der Waals surface area contributed by atoms with Gasteiger partial charge in [-0.3, -0.25) is 4.79 Å². The molecule has 1 aromatic heterocycles. The predicted molar refractivity (Wildman–Crippen MR) is 96.7 cm³/mol. The minimum absolute atomic E-state index is 0.00567. The largest absolute Gasteiger partial charge is 0.483 e. The second-order valence-corrected chi connectivity index (χ2v) is 6.72. The van der Waals surface area contributed by atoms with Crippen LogP contribution in [0, 0.1) is 20.8 Å². The van der Waals surface area contributed by atoms with E-state index in [0.717, 1.165) is 29.2 Å². The summed E-state index contributed by atoms with van der Waals surface area (Å²) >= 11 is 0. The van der Waals surface area contributed by atoms with Gasteiger partial charge in [0.1, 0.15) is 17.6 Å². The summed E-state index contributed by atoms with van der Waals surface area (Å²) in [7, 11) is 1.95. The highest BCUT2D eigenvalue weighted by molar-refractivity contribution is 5.78. The Hall–Kier alpha value is -2.34. The Kier molecular flexibility index (Phi) is 5.08. The van der Waals surface area contributed by atoms with Crippen LogP contribution in [0.1, 0.15) is 28.6 Å². The van der Waals surface area contributed by atoms with Crippen molar-refractivity contribution in [3.8, 4) is 5.75 Å². The van der Waals surface area contributed by atoms with Crippen LogP contribution in [0.4, 0.5) is 0 Å². The van der Waals surface area contributed by atoms with E-state index < -0.39 is 0 Å². The van der Waals surface area contributed by atoms with Crippen LogP contribution in [-0.4, -0.2) is 46.6 Å². The van der Waals surface area contributed by atoms with E-state index in [9.17, 15) is 4.79 Å². The van der Waals surface area contributed by atoms with Crippen molar-refractivity contribution in [3.63, 3.8) is 0 Å². The molecule has 3 rings (SSSR count). The number of piperazine rings is 1. The molecule has 2 aromatic rings. The molecule has 25 heavy (non-hydrogen) atoms. The van der Waals surface area contributed by atoms with Crippen LogP contribution >= 0.6 is 0 Å². The highest BCUT2D eigenvalue weighted by atomic mass is 16.5. The third-order valence-electron chi connectivity index (χ3n) is 4.66. The highest BCUT2D eigenvalue weighted by Gasteiger charge is 2.30. The molecule has 1 atom stereocenters. The van der Waals surface area contributed by atoms with Crippen molar-refractivity contribution < 1.29 is 9.53 Å². The first-order chi connectivity index (χ1) is 12.0. The first kappa shape index (κ1) is 17.5. The van der Waals surface area contributed by atoms with E-state index >= 15 is 0 Å². The summed E-state index contributed by atoms with van der Waals surface area (Å²) in [5.41, 5.74) is 3.32. The number of nitrogens with zero attached hydrogens (tertiary/aromatic N) is 3. The molecule has 6 heteroatoms. The maximum Gasteiger partial charge on any atom is 0.261 e. The van der Waals surface area contributed by atoms with Gasteiger partial charge in [0.25, 0.3) is 5.91 Å². The number of amides is 1. The Balaban J connectivity index is 1.72. The van der Waals surface area contributed by atoms with Gasteiger partial charge in [-0.1, -0.05) is 17.7 Å². The molecule has 1 aliphatic heterocycles. The van der Waals surface area contributed by atoms with Crippen LogP contribution < -0.4 is 10.1 Å². The van der Waals surface area contributed by atoms with E-state index in [1.54, 1.807) is 6.20 Å². The van der Waals surface area contributed by atoms with Gasteiger partial charge in [0, 0.05) is 39.1 Å². The summed E-state index contributed by atoms with van der Waals surface area (Å²) < 4.78 is 7.86. The molecule has 0 spiro atoms. The zero-order valence-electron chi connectivity index (χ0n) is 15.4. The average Bonchev–Trinajstić information content (AvgIpc) is 2.99. The molecular formula is C19H26N4O2. The quantitative estimate of drug-likeness (QED) is 0.922. The van der Waals surface area contributed by atoms with E-state index in [2.05, 4.69) is 29.4 Å². The molecule has 2 heterocycles. The molecule has 1 amide bonds. The van der Waals surface area contributed by atoms with Gasteiger partial charge in [0.15, 0.2) is 6.61 Å². The molecule has 134 valence electrons. The molecule has 1 aliphatic rings. The molecule has 1 N–H and O–H groups in total. The van der Waals surface area contributed by atoms with Crippen molar-refractivity contribution >= 4 is 5.91 Å². The Morgan fingerprint density at radius 3 is 2.68 bits per heavy atom. The van der Waals surface area contributed by atoms with Crippen molar-refractivity contribution in [2.45, 2.75) is 26.8 Å². The number of ether oxygens (including phenoxy) is 1. The molecule has 1 saturated heterocycles. The lowest BCUT2D eigenvalue weighted by molar-refractivity contribution is -0.137. The van der Waals surface area contributed by atoms with Crippen molar-refractivity contribution in [1.82, 2.24) is 19.8 Å². The molecule has 1 aromatic carbocycles. The van der Waals surface area contributed by atoms with Gasteiger partial charge >= 0.3 is 0 Å². The van der Waals surface area contributed by atoms with Gasteiger partial charge in [-0.05, 0) is 31.9 Å². The lowest BCUT2D eigenvalue weighted by Crippen LogP contribution is -2.50. The molecule has 0 radical (unpaired) electrons. The maximum atomic E-state index is 12.8. The molecule has 6 nitrogen and oxygen atoms in total. The zero-order chi connectivity index (χ0) is 18.0. The summed E-state index contributed by atoms with van der Waals surface area (Å²) in [5, 5.41) is 3.35. The smallest absolute Gasteiger partial charge is 0.261 e. The standard InChI is InChI=1S/C19H26N4O2/c1-13-9-14(2)18(15(3)10-13)25-12-17(24)23-8-5-20-11-16(23)19-21-6-7-22(19)4/h6-7,9-10,16,20H,5,8,11-12H2,1-4H3. The van der Waals surface area contributed by atoms with Gasteiger partial charge in [0.2, 0.25) is 0 Å². The minimum Gasteiger partial charge on any atom is -0.483 e. The summed E-state index contributed by atoms with van der Waals surface area (Å²) in [6.45, 7) is 8.29. The van der Waals surface area contributed by atoms with Gasteiger partial charge < -0.3 is 19.5 Å². The fraction of sp³-hybridized carbons (Fsp3) is 0.474. The van der Waals surface area contributed by atoms with E-state index in [1.807, 2.05) is 36.6 Å². The Morgan fingerprint density at radius 1 is 1.32 bits per heavy atom. The number of aromatic nitrogens is 2. The second kappa shape index (κ2) is 7.27. The fourth-order valence-electron chi connectivity index (χ4n) is 3.54. The van der Waals surface area contributed by atoms with E-state index in [-0.39, 0.29) is 18.6 Å². The third kappa shape index (κ3) is 3.69. The maximum absolute atomic E-state index is 12.8. The summed E-state index contributed by atoms with van der Waals surface area (Å²) in [4.78, 5) is 19.1. The van der Waals surface area contributed by atoms with Gasteiger partial charge in [-0.15, -0.1) is 0 Å². The normalized spacial score (nSPS) is 17.6. The van der Waals surface area contributed by atoms with Gasteiger partial charge in [0.05, 0.1) is 0 Å². The summed E-state index contributed by atoms with van der Waals surface area (Å²) in [6.07, 6.45) is 3.67. The molecular weight excluding hydrogens is 316 g/mol. The molecule has 0 bridgehead atoms. The zero-order valence-corrected chi connectivity index (χ0v) is 15.4. The monoisotopic (exact) mass is 342 g/mol. The number of imidazole rings is 1. The Bertz CT molecular complexity index is 746. The molecule has 1 unspecified atom stereocenters. The first-order valence-electron chi connectivity index (χ1n) is 8.65. The van der Waals surface area contributed by atoms with E-state index in [1.165, 1.54) is 5.56 Å². The number of hydrogen-bond acceptors (Lipinski definition) is 4. The average molecular weight is 342 g/mol. The van der Waals surface area contributed by atoms with Crippen LogP contribution in [0.15, 0.2) is 24.5 Å². The van der Waals surface area contributed by atoms with E-state index in [0.29, 0.717) is 13.1 Å². The van der Waals surface area contributed by atoms with Crippen molar-refractivity contribution in [3.05, 3.63) is 47.0 Å². The SMILES string of the molecule is Cc1cc(C)c(OCC(=O)N2CCNCC2c2nccn2C)c(C)c1. The number of carbonyl (C=O) groups is 1. The summed E-state index contributed by atoms with van der Waals surface area (Å²) in [5.74, 6) is 1.69. The number of hydrogen-bond donors (Lipinski definition) is 1. The highest BCUT2D eigenvalue weighted by Crippen LogP contribution is 2.25. The van der Waals surface area contributed by atoms with Gasteiger partial charge in [-0.25, -0.2) is 4.98 Å². The Morgan fingerprint density at radius 2 is 2.04 bits per heavy atom. The van der Waals surface area contributed by atoms with Crippen LogP contribution in [-0.2, 0) is 11.8 Å². The lowest BCUT2D eigenvalue weighted by atomic mass is 10.1. The Labute approximate surface area is 148 Å². The number of aryl methyl sites for hydroxylation is 4. The molecule has 0 saturated carbocycles. The van der Waals surface area contributed by atoms with Crippen LogP contribution in [0.25, 0.3) is 0 Å². The van der Waals surface area contributed by atoms with E-state index in [4.69, 9.17) is 4.74 Å². The molecule has 0 aliphatic carbocycles. The molecule has 1 fully saturated rings. The lowest BCUT2D eigenvalue weighted by Gasteiger charge is -2.35. The van der Waals surface area contributed by atoms with Crippen molar-refractivity contribution in [2.24, 2.45) is 7.05 Å².